The number of nitrogens with zero attached hydrogens (tertiary/aromatic N) is 5. The molecule has 2 aromatic heterocycles. The van der Waals surface area contributed by atoms with Crippen molar-refractivity contribution in [1.29, 1.82) is 5.26 Å². The molecule has 0 N–H and O–H groups in total. The number of fused-ring (bicyclic) bond motifs is 6. The van der Waals surface area contributed by atoms with Gasteiger partial charge < -0.3 is 9.13 Å². The van der Waals surface area contributed by atoms with E-state index in [2.05, 4.69) is 116 Å². The van der Waals surface area contributed by atoms with Gasteiger partial charge in [-0.25, -0.2) is 9.69 Å². The van der Waals surface area contributed by atoms with E-state index in [1.54, 1.807) is 0 Å². The van der Waals surface area contributed by atoms with E-state index in [0.717, 1.165) is 66.5 Å². The Labute approximate surface area is 288 Å². The van der Waals surface area contributed by atoms with Crippen molar-refractivity contribution in [2.75, 3.05) is 0 Å². The summed E-state index contributed by atoms with van der Waals surface area (Å²) in [6, 6.07) is 53.2. The summed E-state index contributed by atoms with van der Waals surface area (Å²) in [5.41, 5.74) is 11.0. The standard InChI is InChI=1S/C45H25N5/c1-47-31-22-24-43-37(27-31)36-15-5-8-20-42(36)50(43)44-23-21-29(28-46)25-38(44)45-33(16-10-17-39(45)48-2)30-11-9-12-32(26-30)49-40-18-6-3-13-34(40)35-14-4-7-19-41(35)49/h3-27H. The quantitative estimate of drug-likeness (QED) is 0.177. The summed E-state index contributed by atoms with van der Waals surface area (Å²) in [5, 5.41) is 14.5. The highest BCUT2D eigenvalue weighted by atomic mass is 15.0. The second-order valence-electron chi connectivity index (χ2n) is 12.2. The van der Waals surface area contributed by atoms with Crippen molar-refractivity contribution in [2.24, 2.45) is 0 Å². The van der Waals surface area contributed by atoms with Crippen LogP contribution in [-0.4, -0.2) is 9.13 Å². The molecule has 0 saturated heterocycles. The molecule has 9 rings (SSSR count). The number of hydrogen-bond donors (Lipinski definition) is 0. The Hall–Kier alpha value is -7.39. The summed E-state index contributed by atoms with van der Waals surface area (Å²) in [5.74, 6) is 0. The Balaban J connectivity index is 1.33. The predicted octanol–water partition coefficient (Wildman–Crippen LogP) is 12.2. The summed E-state index contributed by atoms with van der Waals surface area (Å²) in [6.07, 6.45) is 0. The normalized spacial score (nSPS) is 11.1. The van der Waals surface area contributed by atoms with Crippen LogP contribution in [0.15, 0.2) is 152 Å². The van der Waals surface area contributed by atoms with E-state index in [1.165, 1.54) is 10.8 Å². The van der Waals surface area contributed by atoms with E-state index in [1.807, 2.05) is 60.7 Å². The molecule has 230 valence electrons. The summed E-state index contributed by atoms with van der Waals surface area (Å²) < 4.78 is 4.48. The summed E-state index contributed by atoms with van der Waals surface area (Å²) >= 11 is 0. The lowest BCUT2D eigenvalue weighted by molar-refractivity contribution is 1.18. The molecule has 0 aliphatic rings. The minimum absolute atomic E-state index is 0.497. The first kappa shape index (κ1) is 28.8. The van der Waals surface area contributed by atoms with E-state index in [0.29, 0.717) is 16.9 Å². The van der Waals surface area contributed by atoms with Gasteiger partial charge in [-0.1, -0.05) is 91.0 Å². The van der Waals surface area contributed by atoms with Gasteiger partial charge in [0.2, 0.25) is 0 Å². The van der Waals surface area contributed by atoms with Gasteiger partial charge in [0.1, 0.15) is 0 Å². The van der Waals surface area contributed by atoms with Gasteiger partial charge >= 0.3 is 0 Å². The molecule has 7 aromatic carbocycles. The molecule has 0 spiro atoms. The van der Waals surface area contributed by atoms with Gasteiger partial charge in [0.15, 0.2) is 11.4 Å². The second-order valence-corrected chi connectivity index (χ2v) is 12.2. The van der Waals surface area contributed by atoms with E-state index in [-0.39, 0.29) is 0 Å². The van der Waals surface area contributed by atoms with Crippen LogP contribution in [0.2, 0.25) is 0 Å². The molecule has 0 atom stereocenters. The fraction of sp³-hybridized carbons (Fsp3) is 0. The summed E-state index contributed by atoms with van der Waals surface area (Å²) in [4.78, 5) is 7.73. The van der Waals surface area contributed by atoms with Gasteiger partial charge in [-0.15, -0.1) is 0 Å². The molecule has 0 saturated carbocycles. The molecule has 0 amide bonds. The average Bonchev–Trinajstić information content (AvgIpc) is 3.70. The number of para-hydroxylation sites is 3. The van der Waals surface area contributed by atoms with Crippen LogP contribution < -0.4 is 0 Å². The minimum atomic E-state index is 0.497. The lowest BCUT2D eigenvalue weighted by atomic mass is 9.91. The fourth-order valence-corrected chi connectivity index (χ4v) is 7.46. The Bertz CT molecular complexity index is 2920. The highest BCUT2D eigenvalue weighted by molar-refractivity contribution is 6.12. The van der Waals surface area contributed by atoms with Crippen LogP contribution in [0.4, 0.5) is 11.4 Å². The highest BCUT2D eigenvalue weighted by Crippen LogP contribution is 2.45. The lowest BCUT2D eigenvalue weighted by Gasteiger charge is -2.19. The lowest BCUT2D eigenvalue weighted by Crippen LogP contribution is -1.99. The van der Waals surface area contributed by atoms with Crippen molar-refractivity contribution in [3.8, 4) is 39.7 Å². The van der Waals surface area contributed by atoms with Gasteiger partial charge in [0.25, 0.3) is 0 Å². The van der Waals surface area contributed by atoms with Crippen LogP contribution >= 0.6 is 0 Å². The van der Waals surface area contributed by atoms with Gasteiger partial charge in [-0.2, -0.15) is 5.26 Å². The maximum Gasteiger partial charge on any atom is 0.195 e. The molecular formula is C45H25N5. The summed E-state index contributed by atoms with van der Waals surface area (Å²) in [6.45, 7) is 15.9. The van der Waals surface area contributed by atoms with Crippen molar-refractivity contribution in [2.45, 2.75) is 0 Å². The Morgan fingerprint density at radius 3 is 1.82 bits per heavy atom. The van der Waals surface area contributed by atoms with Gasteiger partial charge in [-0.05, 0) is 88.3 Å². The van der Waals surface area contributed by atoms with Gasteiger partial charge in [0, 0.05) is 21.8 Å². The molecule has 0 fully saturated rings. The number of hydrogen-bond acceptors (Lipinski definition) is 1. The second kappa shape index (κ2) is 11.4. The van der Waals surface area contributed by atoms with Gasteiger partial charge in [0.05, 0.1) is 52.5 Å². The van der Waals surface area contributed by atoms with Crippen LogP contribution in [0.25, 0.3) is 86.9 Å². The van der Waals surface area contributed by atoms with E-state index in [9.17, 15) is 5.26 Å². The van der Waals surface area contributed by atoms with Gasteiger partial charge in [-0.3, -0.25) is 0 Å². The maximum absolute atomic E-state index is 10.1. The van der Waals surface area contributed by atoms with Crippen LogP contribution in [0.5, 0.6) is 0 Å². The molecule has 0 aliphatic heterocycles. The predicted molar refractivity (Wildman–Crippen MR) is 203 cm³/mol. The van der Waals surface area contributed by atoms with Crippen LogP contribution in [0.1, 0.15) is 5.56 Å². The van der Waals surface area contributed by atoms with Crippen molar-refractivity contribution < 1.29 is 0 Å². The van der Waals surface area contributed by atoms with E-state index in [4.69, 9.17) is 13.1 Å². The molecule has 5 heteroatoms. The molecule has 50 heavy (non-hydrogen) atoms. The van der Waals surface area contributed by atoms with E-state index < -0.39 is 0 Å². The number of benzene rings is 7. The third-order valence-corrected chi connectivity index (χ3v) is 9.58. The Kier molecular flexibility index (Phi) is 6.56. The smallest absolute Gasteiger partial charge is 0.195 e. The zero-order chi connectivity index (χ0) is 33.8. The molecule has 0 aliphatic carbocycles. The molecule has 0 bridgehead atoms. The minimum Gasteiger partial charge on any atom is -0.309 e. The van der Waals surface area contributed by atoms with Crippen molar-refractivity contribution >= 4 is 55.0 Å². The summed E-state index contributed by atoms with van der Waals surface area (Å²) in [7, 11) is 0. The first-order chi connectivity index (χ1) is 24.7. The SMILES string of the molecule is [C-]#[N+]c1ccc2c(c1)c1ccccc1n2-c1ccc(C#N)cc1-c1c([N+]#[C-])cccc1-c1cccc(-n2c3ccccc3c3ccccc32)c1. The molecule has 2 heterocycles. The molecule has 9 aromatic rings. The first-order valence-electron chi connectivity index (χ1n) is 16.2. The Morgan fingerprint density at radius 2 is 1.14 bits per heavy atom. The van der Waals surface area contributed by atoms with Crippen LogP contribution in [0, 0.1) is 24.5 Å². The average molecular weight is 636 g/mol. The number of rotatable bonds is 4. The number of nitriles is 1. The third-order valence-electron chi connectivity index (χ3n) is 9.58. The zero-order valence-electron chi connectivity index (χ0n) is 26.7. The third kappa shape index (κ3) is 4.31. The molecular weight excluding hydrogens is 611 g/mol. The van der Waals surface area contributed by atoms with Crippen molar-refractivity contribution in [3.63, 3.8) is 0 Å². The molecule has 0 radical (unpaired) electrons. The fourth-order valence-electron chi connectivity index (χ4n) is 7.46. The van der Waals surface area contributed by atoms with Crippen LogP contribution in [0.3, 0.4) is 0 Å². The zero-order valence-corrected chi connectivity index (χ0v) is 26.7. The first-order valence-corrected chi connectivity index (χ1v) is 16.2. The maximum atomic E-state index is 10.1. The monoisotopic (exact) mass is 635 g/mol. The molecule has 0 unspecified atom stereocenters. The molecule has 5 nitrogen and oxygen atoms in total. The largest absolute Gasteiger partial charge is 0.309 e. The van der Waals surface area contributed by atoms with Crippen molar-refractivity contribution in [3.05, 3.63) is 180 Å². The highest BCUT2D eigenvalue weighted by Gasteiger charge is 2.21. The van der Waals surface area contributed by atoms with E-state index >= 15 is 0 Å². The van der Waals surface area contributed by atoms with Crippen LogP contribution in [-0.2, 0) is 0 Å². The Morgan fingerprint density at radius 1 is 0.500 bits per heavy atom. The topological polar surface area (TPSA) is 42.4 Å². The van der Waals surface area contributed by atoms with Crippen molar-refractivity contribution in [1.82, 2.24) is 9.13 Å². The number of aromatic nitrogens is 2.